The number of aromatic nitrogens is 1. The number of carbonyl (C=O) groups is 1. The van der Waals surface area contributed by atoms with Crippen molar-refractivity contribution >= 4 is 39.7 Å². The lowest BCUT2D eigenvalue weighted by atomic mass is 10.0. The summed E-state index contributed by atoms with van der Waals surface area (Å²) in [6, 6.07) is 27.3. The molecule has 0 saturated heterocycles. The largest absolute Gasteiger partial charge is 0.320 e. The summed E-state index contributed by atoms with van der Waals surface area (Å²) >= 11 is 6.00. The Morgan fingerprint density at radius 3 is 2.29 bits per heavy atom. The first kappa shape index (κ1) is 18.0. The fourth-order valence-electron chi connectivity index (χ4n) is 3.11. The van der Waals surface area contributed by atoms with Crippen molar-refractivity contribution in [2.45, 2.75) is 0 Å². The topological polar surface area (TPSA) is 42.0 Å². The highest BCUT2D eigenvalue weighted by Crippen LogP contribution is 2.26. The predicted octanol–water partition coefficient (Wildman–Crippen LogP) is 6.12. The van der Waals surface area contributed by atoms with E-state index in [0.717, 1.165) is 27.6 Å². The van der Waals surface area contributed by atoms with Crippen LogP contribution in [0.2, 0.25) is 0 Å². The molecule has 0 unspecified atom stereocenters. The van der Waals surface area contributed by atoms with Crippen LogP contribution in [0.1, 0.15) is 5.56 Å². The number of halogens is 1. The standard InChI is InChI=1S/C24H17ClN2O/c25-16-21(19-13-11-18(12-14-19)17-6-2-1-3-7-17)24(28)27-22-10-4-8-20-9-5-15-26-23(20)22/h1-16H,(H,27,28)/b21-16-. The average Bonchev–Trinajstić information content (AvgIpc) is 2.76. The van der Waals surface area contributed by atoms with Gasteiger partial charge in [-0.15, -0.1) is 0 Å². The molecule has 4 aromatic rings. The minimum absolute atomic E-state index is 0.277. The maximum Gasteiger partial charge on any atom is 0.257 e. The molecule has 1 aromatic heterocycles. The molecule has 28 heavy (non-hydrogen) atoms. The van der Waals surface area contributed by atoms with Crippen molar-refractivity contribution in [3.8, 4) is 11.1 Å². The van der Waals surface area contributed by atoms with Gasteiger partial charge in [-0.05, 0) is 28.8 Å². The molecule has 3 aromatic carbocycles. The normalized spacial score (nSPS) is 11.4. The number of hydrogen-bond donors (Lipinski definition) is 1. The number of para-hydroxylation sites is 1. The second-order valence-electron chi connectivity index (χ2n) is 6.30. The molecule has 0 radical (unpaired) electrons. The zero-order chi connectivity index (χ0) is 19.3. The fourth-order valence-corrected chi connectivity index (χ4v) is 3.34. The Kier molecular flexibility index (Phi) is 5.18. The van der Waals surface area contributed by atoms with Crippen LogP contribution >= 0.6 is 11.6 Å². The van der Waals surface area contributed by atoms with Gasteiger partial charge >= 0.3 is 0 Å². The number of anilines is 1. The Balaban J connectivity index is 1.59. The lowest BCUT2D eigenvalue weighted by Gasteiger charge is -2.11. The summed E-state index contributed by atoms with van der Waals surface area (Å²) < 4.78 is 0. The van der Waals surface area contributed by atoms with Crippen LogP contribution in [0.4, 0.5) is 5.69 Å². The van der Waals surface area contributed by atoms with Crippen LogP contribution < -0.4 is 5.32 Å². The number of nitrogens with one attached hydrogen (secondary N) is 1. The summed E-state index contributed by atoms with van der Waals surface area (Å²) in [7, 11) is 0. The SMILES string of the molecule is O=C(Nc1cccc2cccnc12)/C(=C\Cl)c1ccc(-c2ccccc2)cc1. The van der Waals surface area contributed by atoms with E-state index in [1.54, 1.807) is 6.20 Å². The van der Waals surface area contributed by atoms with Gasteiger partial charge in [0.1, 0.15) is 0 Å². The molecule has 4 heteroatoms. The van der Waals surface area contributed by atoms with Gasteiger partial charge in [0.15, 0.2) is 0 Å². The summed E-state index contributed by atoms with van der Waals surface area (Å²) in [5.41, 5.74) is 6.06. The smallest absolute Gasteiger partial charge is 0.257 e. The minimum atomic E-state index is -0.277. The number of nitrogens with zero attached hydrogens (tertiary/aromatic N) is 1. The third-order valence-corrected chi connectivity index (χ3v) is 4.76. The van der Waals surface area contributed by atoms with Gasteiger partial charge in [0, 0.05) is 17.1 Å². The van der Waals surface area contributed by atoms with Crippen molar-refractivity contribution in [1.29, 1.82) is 0 Å². The highest BCUT2D eigenvalue weighted by atomic mass is 35.5. The highest BCUT2D eigenvalue weighted by Gasteiger charge is 2.14. The molecule has 1 N–H and O–H groups in total. The van der Waals surface area contributed by atoms with E-state index >= 15 is 0 Å². The first-order valence-electron chi connectivity index (χ1n) is 8.87. The van der Waals surface area contributed by atoms with Gasteiger partial charge in [-0.1, -0.05) is 84.4 Å². The van der Waals surface area contributed by atoms with Crippen LogP contribution in [0, 0.1) is 0 Å². The quantitative estimate of drug-likeness (QED) is 0.430. The second-order valence-corrected chi connectivity index (χ2v) is 6.52. The molecule has 0 aliphatic heterocycles. The fraction of sp³-hybridized carbons (Fsp3) is 0. The highest BCUT2D eigenvalue weighted by molar-refractivity contribution is 6.37. The van der Waals surface area contributed by atoms with E-state index in [2.05, 4.69) is 10.3 Å². The number of rotatable bonds is 4. The molecule has 3 nitrogen and oxygen atoms in total. The molecule has 1 amide bonds. The molecule has 0 aliphatic rings. The van der Waals surface area contributed by atoms with Gasteiger partial charge in [-0.2, -0.15) is 0 Å². The Morgan fingerprint density at radius 1 is 0.821 bits per heavy atom. The van der Waals surface area contributed by atoms with E-state index in [1.165, 1.54) is 5.54 Å². The zero-order valence-electron chi connectivity index (χ0n) is 15.0. The number of carbonyl (C=O) groups excluding carboxylic acids is 1. The van der Waals surface area contributed by atoms with Crippen LogP contribution in [0.25, 0.3) is 27.6 Å². The van der Waals surface area contributed by atoms with Crippen LogP contribution in [-0.2, 0) is 4.79 Å². The first-order valence-corrected chi connectivity index (χ1v) is 9.31. The summed E-state index contributed by atoms with van der Waals surface area (Å²) in [6.07, 6.45) is 1.71. The van der Waals surface area contributed by atoms with Crippen molar-refractivity contribution in [3.63, 3.8) is 0 Å². The summed E-state index contributed by atoms with van der Waals surface area (Å²) in [4.78, 5) is 17.2. The Hall–Kier alpha value is -3.43. The lowest BCUT2D eigenvalue weighted by Crippen LogP contribution is -2.14. The number of amides is 1. The van der Waals surface area contributed by atoms with Gasteiger partial charge in [-0.25, -0.2) is 0 Å². The average molecular weight is 385 g/mol. The number of pyridine rings is 1. The predicted molar refractivity (Wildman–Crippen MR) is 116 cm³/mol. The van der Waals surface area contributed by atoms with Gasteiger partial charge in [0.25, 0.3) is 5.91 Å². The first-order chi connectivity index (χ1) is 13.8. The van der Waals surface area contributed by atoms with E-state index in [-0.39, 0.29) is 5.91 Å². The number of hydrogen-bond acceptors (Lipinski definition) is 2. The van der Waals surface area contributed by atoms with Crippen LogP contribution in [0.3, 0.4) is 0 Å². The lowest BCUT2D eigenvalue weighted by molar-refractivity contribution is -0.111. The summed E-state index contributed by atoms with van der Waals surface area (Å²) in [5, 5.41) is 3.89. The molecule has 0 fully saturated rings. The number of benzene rings is 3. The molecule has 136 valence electrons. The minimum Gasteiger partial charge on any atom is -0.320 e. The maximum absolute atomic E-state index is 12.9. The van der Waals surface area contributed by atoms with E-state index in [0.29, 0.717) is 11.3 Å². The zero-order valence-corrected chi connectivity index (χ0v) is 15.7. The molecule has 1 heterocycles. The molecular formula is C24H17ClN2O. The van der Waals surface area contributed by atoms with Crippen LogP contribution in [0.15, 0.2) is 96.7 Å². The summed E-state index contributed by atoms with van der Waals surface area (Å²) in [6.45, 7) is 0. The monoisotopic (exact) mass is 384 g/mol. The summed E-state index contributed by atoms with van der Waals surface area (Å²) in [5.74, 6) is -0.277. The van der Waals surface area contributed by atoms with Crippen molar-refractivity contribution < 1.29 is 4.79 Å². The Labute approximate surface area is 168 Å². The van der Waals surface area contributed by atoms with Crippen LogP contribution in [0.5, 0.6) is 0 Å². The van der Waals surface area contributed by atoms with Gasteiger partial charge in [0.2, 0.25) is 0 Å². The van der Waals surface area contributed by atoms with Crippen molar-refractivity contribution in [3.05, 3.63) is 102 Å². The molecule has 0 saturated carbocycles. The molecule has 0 atom stereocenters. The Morgan fingerprint density at radius 2 is 1.54 bits per heavy atom. The van der Waals surface area contributed by atoms with E-state index < -0.39 is 0 Å². The van der Waals surface area contributed by atoms with Gasteiger partial charge in [0.05, 0.1) is 16.8 Å². The van der Waals surface area contributed by atoms with Gasteiger partial charge in [-0.3, -0.25) is 9.78 Å². The molecule has 0 bridgehead atoms. The Bertz CT molecular complexity index is 1150. The molecule has 0 spiro atoms. The third kappa shape index (κ3) is 3.66. The molecule has 0 aliphatic carbocycles. The van der Waals surface area contributed by atoms with Gasteiger partial charge < -0.3 is 5.32 Å². The molecule has 4 rings (SSSR count). The second kappa shape index (κ2) is 8.07. The number of fused-ring (bicyclic) bond motifs is 1. The van der Waals surface area contributed by atoms with E-state index in [4.69, 9.17) is 11.6 Å². The third-order valence-electron chi connectivity index (χ3n) is 4.54. The van der Waals surface area contributed by atoms with E-state index in [1.807, 2.05) is 84.9 Å². The van der Waals surface area contributed by atoms with E-state index in [9.17, 15) is 4.79 Å². The van der Waals surface area contributed by atoms with Crippen molar-refractivity contribution in [2.24, 2.45) is 0 Å². The van der Waals surface area contributed by atoms with Crippen molar-refractivity contribution in [2.75, 3.05) is 5.32 Å². The van der Waals surface area contributed by atoms with Crippen molar-refractivity contribution in [1.82, 2.24) is 4.98 Å². The maximum atomic E-state index is 12.9. The van der Waals surface area contributed by atoms with Crippen LogP contribution in [-0.4, -0.2) is 10.9 Å². The molecular weight excluding hydrogens is 368 g/mol.